The van der Waals surface area contributed by atoms with Crippen molar-refractivity contribution >= 4 is 29.0 Å². The molecule has 0 aliphatic carbocycles. The van der Waals surface area contributed by atoms with Crippen molar-refractivity contribution in [1.29, 1.82) is 5.26 Å². The van der Waals surface area contributed by atoms with Gasteiger partial charge in [0.15, 0.2) is 0 Å². The Morgan fingerprint density at radius 3 is 1.91 bits per heavy atom. The summed E-state index contributed by atoms with van der Waals surface area (Å²) in [7, 11) is 0. The molecule has 0 fully saturated rings. The number of benzene rings is 3. The largest absolute Gasteiger partial charge is 0.457 e. The van der Waals surface area contributed by atoms with Gasteiger partial charge in [0.25, 0.3) is 0 Å². The molecule has 0 spiro atoms. The molecule has 176 valence electrons. The minimum Gasteiger partial charge on any atom is -0.457 e. The van der Waals surface area contributed by atoms with Gasteiger partial charge in [-0.25, -0.2) is 4.79 Å². The molecule has 0 saturated carbocycles. The van der Waals surface area contributed by atoms with E-state index in [1.54, 1.807) is 0 Å². The fraction of sp³-hybridized carbons (Fsp3) is 0.0909. The van der Waals surface area contributed by atoms with Gasteiger partial charge < -0.3 is 15.4 Å². The molecule has 0 aliphatic heterocycles. The van der Waals surface area contributed by atoms with Crippen molar-refractivity contribution in [2.24, 2.45) is 0 Å². The van der Waals surface area contributed by atoms with E-state index in [9.17, 15) is 31.1 Å². The zero-order valence-corrected chi connectivity index (χ0v) is 17.4. The molecule has 0 saturated heterocycles. The Morgan fingerprint density at radius 1 is 0.824 bits per heavy atom. The number of carbonyl (C=O) groups is 1. The second-order valence-electron chi connectivity index (χ2n) is 6.75. The average Bonchev–Trinajstić information content (AvgIpc) is 2.75. The average molecular weight is 500 g/mol. The van der Waals surface area contributed by atoms with Crippen LogP contribution in [-0.4, -0.2) is 6.03 Å². The molecule has 0 aromatic heterocycles. The number of amides is 2. The number of anilines is 2. The number of nitriles is 1. The lowest BCUT2D eigenvalue weighted by atomic mass is 10.1. The van der Waals surface area contributed by atoms with Crippen LogP contribution >= 0.6 is 11.6 Å². The molecule has 0 aliphatic rings. The third-order valence-electron chi connectivity index (χ3n) is 4.25. The molecule has 0 radical (unpaired) electrons. The van der Waals surface area contributed by atoms with Crippen molar-refractivity contribution in [2.45, 2.75) is 12.4 Å². The van der Waals surface area contributed by atoms with Crippen molar-refractivity contribution < 1.29 is 35.9 Å². The van der Waals surface area contributed by atoms with Crippen LogP contribution in [0.2, 0.25) is 5.02 Å². The van der Waals surface area contributed by atoms with E-state index in [2.05, 4.69) is 5.32 Å². The Bertz CT molecular complexity index is 1220. The Kier molecular flexibility index (Phi) is 6.93. The highest BCUT2D eigenvalue weighted by Gasteiger charge is 2.37. The summed E-state index contributed by atoms with van der Waals surface area (Å²) in [5, 5.41) is 13.0. The van der Waals surface area contributed by atoms with Crippen LogP contribution in [0.1, 0.15) is 16.7 Å². The van der Waals surface area contributed by atoms with Gasteiger partial charge in [0.2, 0.25) is 0 Å². The van der Waals surface area contributed by atoms with E-state index in [-0.39, 0.29) is 22.5 Å². The minimum absolute atomic E-state index is 0.0201. The van der Waals surface area contributed by atoms with E-state index in [1.165, 1.54) is 42.5 Å². The molecule has 2 N–H and O–H groups in total. The number of nitrogens with zero attached hydrogens (tertiary/aromatic N) is 1. The molecular weight excluding hydrogens is 488 g/mol. The first-order valence-corrected chi connectivity index (χ1v) is 9.58. The van der Waals surface area contributed by atoms with E-state index in [4.69, 9.17) is 21.6 Å². The van der Waals surface area contributed by atoms with Crippen molar-refractivity contribution in [1.82, 2.24) is 0 Å². The number of hydrogen-bond donors (Lipinski definition) is 2. The first-order chi connectivity index (χ1) is 15.8. The first-order valence-electron chi connectivity index (χ1n) is 9.20. The van der Waals surface area contributed by atoms with Crippen LogP contribution in [0, 0.1) is 11.3 Å². The molecule has 3 aromatic carbocycles. The Hall–Kier alpha value is -3.91. The van der Waals surface area contributed by atoms with E-state index in [1.807, 2.05) is 11.4 Å². The van der Waals surface area contributed by atoms with Gasteiger partial charge in [-0.1, -0.05) is 11.6 Å². The third kappa shape index (κ3) is 6.32. The monoisotopic (exact) mass is 499 g/mol. The molecular formula is C22H12ClF6N3O2. The number of urea groups is 1. The second-order valence-corrected chi connectivity index (χ2v) is 7.16. The molecule has 0 unspecified atom stereocenters. The molecule has 34 heavy (non-hydrogen) atoms. The summed E-state index contributed by atoms with van der Waals surface area (Å²) in [5.41, 5.74) is -3.48. The highest BCUT2D eigenvalue weighted by atomic mass is 35.5. The highest BCUT2D eigenvalue weighted by Crippen LogP contribution is 2.37. The van der Waals surface area contributed by atoms with Crippen LogP contribution in [0.4, 0.5) is 42.5 Å². The zero-order chi connectivity index (χ0) is 25.1. The van der Waals surface area contributed by atoms with Crippen LogP contribution in [0.3, 0.4) is 0 Å². The van der Waals surface area contributed by atoms with Gasteiger partial charge in [0.05, 0.1) is 33.5 Å². The van der Waals surface area contributed by atoms with Crippen LogP contribution in [0.15, 0.2) is 60.7 Å². The standard InChI is InChI=1S/C22H12ClF6N3O2/c23-18-6-5-17(34-16-3-1-12(11-30)2-4-16)10-19(18)32-20(33)31-15-8-13(21(24,25)26)7-14(9-15)22(27,28)29/h1-10H,(H2,31,32,33). The predicted molar refractivity (Wildman–Crippen MR) is 112 cm³/mol. The maximum absolute atomic E-state index is 13.0. The Labute approximate surface area is 193 Å². The van der Waals surface area contributed by atoms with Gasteiger partial charge in [-0.3, -0.25) is 0 Å². The lowest BCUT2D eigenvalue weighted by Crippen LogP contribution is -2.21. The predicted octanol–water partition coefficient (Wildman–Crippen LogP) is 7.69. The van der Waals surface area contributed by atoms with Crippen LogP contribution < -0.4 is 15.4 Å². The SMILES string of the molecule is N#Cc1ccc(Oc2ccc(Cl)c(NC(=O)Nc3cc(C(F)(F)F)cc(C(F)(F)F)c3)c2)cc1. The first kappa shape index (κ1) is 24.7. The van der Waals surface area contributed by atoms with Crippen LogP contribution in [0.5, 0.6) is 11.5 Å². The summed E-state index contributed by atoms with van der Waals surface area (Å²) in [4.78, 5) is 12.3. The summed E-state index contributed by atoms with van der Waals surface area (Å²) in [5.74, 6) is 0.572. The maximum Gasteiger partial charge on any atom is 0.416 e. The summed E-state index contributed by atoms with van der Waals surface area (Å²) in [6, 6.07) is 11.7. The quantitative estimate of drug-likeness (QED) is 0.361. The maximum atomic E-state index is 13.0. The van der Waals surface area contributed by atoms with Gasteiger partial charge in [0, 0.05) is 11.8 Å². The summed E-state index contributed by atoms with van der Waals surface area (Å²) < 4.78 is 83.6. The van der Waals surface area contributed by atoms with Crippen molar-refractivity contribution in [3.05, 3.63) is 82.4 Å². The number of halogens is 7. The fourth-order valence-electron chi connectivity index (χ4n) is 2.71. The van der Waals surface area contributed by atoms with E-state index in [0.717, 1.165) is 0 Å². The van der Waals surface area contributed by atoms with Crippen LogP contribution in [-0.2, 0) is 12.4 Å². The topological polar surface area (TPSA) is 74.1 Å². The number of carbonyl (C=O) groups excluding carboxylic acids is 1. The van der Waals surface area contributed by atoms with E-state index >= 15 is 0 Å². The second kappa shape index (κ2) is 9.52. The zero-order valence-electron chi connectivity index (χ0n) is 16.7. The summed E-state index contributed by atoms with van der Waals surface area (Å²) in [6.07, 6.45) is -10.1. The smallest absolute Gasteiger partial charge is 0.416 e. The molecule has 0 atom stereocenters. The Balaban J connectivity index is 1.79. The van der Waals surface area contributed by atoms with Gasteiger partial charge in [0.1, 0.15) is 11.5 Å². The molecule has 0 bridgehead atoms. The molecule has 3 aromatic rings. The van der Waals surface area contributed by atoms with Crippen molar-refractivity contribution in [3.63, 3.8) is 0 Å². The number of nitrogens with one attached hydrogen (secondary N) is 2. The molecule has 2 amide bonds. The third-order valence-corrected chi connectivity index (χ3v) is 4.58. The number of rotatable bonds is 4. The lowest BCUT2D eigenvalue weighted by molar-refractivity contribution is -0.143. The normalized spacial score (nSPS) is 11.5. The summed E-state index contributed by atoms with van der Waals surface area (Å²) in [6.45, 7) is 0. The van der Waals surface area contributed by atoms with Crippen molar-refractivity contribution in [2.75, 3.05) is 10.6 Å². The van der Waals surface area contributed by atoms with Crippen molar-refractivity contribution in [3.8, 4) is 17.6 Å². The van der Waals surface area contributed by atoms with Gasteiger partial charge in [-0.05, 0) is 54.6 Å². The van der Waals surface area contributed by atoms with Gasteiger partial charge in [-0.2, -0.15) is 31.6 Å². The lowest BCUT2D eigenvalue weighted by Gasteiger charge is -2.15. The molecule has 0 heterocycles. The number of hydrogen-bond acceptors (Lipinski definition) is 3. The van der Waals surface area contributed by atoms with E-state index in [0.29, 0.717) is 23.4 Å². The van der Waals surface area contributed by atoms with E-state index < -0.39 is 35.2 Å². The van der Waals surface area contributed by atoms with Gasteiger partial charge >= 0.3 is 18.4 Å². The van der Waals surface area contributed by atoms with Crippen LogP contribution in [0.25, 0.3) is 0 Å². The summed E-state index contributed by atoms with van der Waals surface area (Å²) >= 11 is 6.02. The number of ether oxygens (including phenoxy) is 1. The molecule has 12 heteroatoms. The number of alkyl halides is 6. The highest BCUT2D eigenvalue weighted by molar-refractivity contribution is 6.33. The molecule has 5 nitrogen and oxygen atoms in total. The molecule has 3 rings (SSSR count). The minimum atomic E-state index is -5.06. The van der Waals surface area contributed by atoms with Gasteiger partial charge in [-0.15, -0.1) is 0 Å². The Morgan fingerprint density at radius 2 is 1.38 bits per heavy atom. The fourth-order valence-corrected chi connectivity index (χ4v) is 2.87.